The van der Waals surface area contributed by atoms with Gasteiger partial charge < -0.3 is 15.3 Å². The summed E-state index contributed by atoms with van der Waals surface area (Å²) < 4.78 is 22.5. The van der Waals surface area contributed by atoms with Gasteiger partial charge in [-0.05, 0) is 33.4 Å². The molecular formula is C11H24N2O3S. The molecule has 1 aliphatic heterocycles. The van der Waals surface area contributed by atoms with Gasteiger partial charge in [-0.15, -0.1) is 0 Å². The van der Waals surface area contributed by atoms with Gasteiger partial charge in [0.25, 0.3) is 0 Å². The SMILES string of the molecule is CNC(C)(CO)CCCN1CCS(=O)(=O)CC1. The largest absolute Gasteiger partial charge is 0.394 e. The quantitative estimate of drug-likeness (QED) is 0.675. The first-order chi connectivity index (χ1) is 7.91. The van der Waals surface area contributed by atoms with Crippen LogP contribution in [0.2, 0.25) is 0 Å². The molecule has 1 fully saturated rings. The minimum Gasteiger partial charge on any atom is -0.394 e. The summed E-state index contributed by atoms with van der Waals surface area (Å²) in [6.45, 7) is 4.33. The highest BCUT2D eigenvalue weighted by Gasteiger charge is 2.23. The third-order valence-corrected chi connectivity index (χ3v) is 5.20. The van der Waals surface area contributed by atoms with Crippen LogP contribution in [0.4, 0.5) is 0 Å². The Morgan fingerprint density at radius 3 is 2.41 bits per heavy atom. The average Bonchev–Trinajstić information content (AvgIpc) is 2.31. The van der Waals surface area contributed by atoms with Crippen molar-refractivity contribution in [3.63, 3.8) is 0 Å². The molecule has 1 unspecified atom stereocenters. The van der Waals surface area contributed by atoms with Crippen LogP contribution in [0.15, 0.2) is 0 Å². The Bertz CT molecular complexity index is 312. The highest BCUT2D eigenvalue weighted by Crippen LogP contribution is 2.12. The monoisotopic (exact) mass is 264 g/mol. The molecule has 2 N–H and O–H groups in total. The third kappa shape index (κ3) is 4.91. The molecule has 0 saturated carbocycles. The summed E-state index contributed by atoms with van der Waals surface area (Å²) >= 11 is 0. The van der Waals surface area contributed by atoms with Gasteiger partial charge in [0.2, 0.25) is 0 Å². The van der Waals surface area contributed by atoms with Gasteiger partial charge in [0, 0.05) is 18.6 Å². The van der Waals surface area contributed by atoms with Crippen LogP contribution in [0.25, 0.3) is 0 Å². The number of rotatable bonds is 6. The molecule has 0 aromatic rings. The van der Waals surface area contributed by atoms with E-state index >= 15 is 0 Å². The molecule has 1 heterocycles. The predicted octanol–water partition coefficient (Wildman–Crippen LogP) is -0.533. The van der Waals surface area contributed by atoms with E-state index in [1.807, 2.05) is 14.0 Å². The Morgan fingerprint density at radius 2 is 1.94 bits per heavy atom. The fourth-order valence-electron chi connectivity index (χ4n) is 1.95. The summed E-state index contributed by atoms with van der Waals surface area (Å²) in [5.74, 6) is 0.576. The van der Waals surface area contributed by atoms with Crippen LogP contribution in [0.1, 0.15) is 19.8 Å². The molecule has 0 aromatic heterocycles. The summed E-state index contributed by atoms with van der Waals surface area (Å²) in [6.07, 6.45) is 1.86. The van der Waals surface area contributed by atoms with E-state index < -0.39 is 9.84 Å². The molecule has 0 bridgehead atoms. The van der Waals surface area contributed by atoms with Gasteiger partial charge in [-0.1, -0.05) is 0 Å². The lowest BCUT2D eigenvalue weighted by atomic mass is 9.97. The van der Waals surface area contributed by atoms with Crippen molar-refractivity contribution in [1.82, 2.24) is 10.2 Å². The van der Waals surface area contributed by atoms with Gasteiger partial charge >= 0.3 is 0 Å². The maximum Gasteiger partial charge on any atom is 0.152 e. The van der Waals surface area contributed by atoms with E-state index in [2.05, 4.69) is 10.2 Å². The lowest BCUT2D eigenvalue weighted by Crippen LogP contribution is -2.45. The maximum atomic E-state index is 11.3. The first-order valence-electron chi connectivity index (χ1n) is 6.13. The maximum absolute atomic E-state index is 11.3. The van der Waals surface area contributed by atoms with Crippen LogP contribution >= 0.6 is 0 Å². The Morgan fingerprint density at radius 1 is 1.35 bits per heavy atom. The summed E-state index contributed by atoms with van der Waals surface area (Å²) in [5.41, 5.74) is -0.220. The summed E-state index contributed by atoms with van der Waals surface area (Å²) in [6, 6.07) is 0. The molecule has 5 nitrogen and oxygen atoms in total. The Kier molecular flexibility index (Phi) is 5.37. The lowest BCUT2D eigenvalue weighted by Gasteiger charge is -2.30. The summed E-state index contributed by atoms with van der Waals surface area (Å²) in [5, 5.41) is 12.3. The van der Waals surface area contributed by atoms with Crippen LogP contribution in [0.5, 0.6) is 0 Å². The van der Waals surface area contributed by atoms with E-state index in [1.165, 1.54) is 0 Å². The zero-order valence-corrected chi connectivity index (χ0v) is 11.6. The molecule has 102 valence electrons. The first-order valence-corrected chi connectivity index (χ1v) is 7.95. The fourth-order valence-corrected chi connectivity index (χ4v) is 3.23. The first kappa shape index (κ1) is 14.9. The molecule has 1 rings (SSSR count). The van der Waals surface area contributed by atoms with E-state index in [9.17, 15) is 13.5 Å². The van der Waals surface area contributed by atoms with Crippen LogP contribution in [-0.4, -0.2) is 68.8 Å². The number of aliphatic hydroxyl groups excluding tert-OH is 1. The number of nitrogens with one attached hydrogen (secondary N) is 1. The molecule has 17 heavy (non-hydrogen) atoms. The number of aliphatic hydroxyl groups is 1. The number of hydrogen-bond acceptors (Lipinski definition) is 5. The fraction of sp³-hybridized carbons (Fsp3) is 1.00. The number of nitrogens with zero attached hydrogens (tertiary/aromatic N) is 1. The molecule has 6 heteroatoms. The van der Waals surface area contributed by atoms with Crippen LogP contribution in [0, 0.1) is 0 Å². The van der Waals surface area contributed by atoms with Crippen molar-refractivity contribution in [3.05, 3.63) is 0 Å². The van der Waals surface area contributed by atoms with Crippen LogP contribution < -0.4 is 5.32 Å². The van der Waals surface area contributed by atoms with Gasteiger partial charge in [0.05, 0.1) is 18.1 Å². The molecular weight excluding hydrogens is 240 g/mol. The normalized spacial score (nSPS) is 24.4. The molecule has 1 aliphatic rings. The summed E-state index contributed by atoms with van der Waals surface area (Å²) in [7, 11) is -0.922. The van der Waals surface area contributed by atoms with Crippen molar-refractivity contribution in [2.45, 2.75) is 25.3 Å². The minimum atomic E-state index is -2.77. The zero-order chi connectivity index (χ0) is 12.9. The second-order valence-corrected chi connectivity index (χ2v) is 7.37. The van der Waals surface area contributed by atoms with Gasteiger partial charge in [-0.3, -0.25) is 0 Å². The van der Waals surface area contributed by atoms with E-state index in [4.69, 9.17) is 0 Å². The van der Waals surface area contributed by atoms with Crippen molar-refractivity contribution in [3.8, 4) is 0 Å². The molecule has 0 radical (unpaired) electrons. The van der Waals surface area contributed by atoms with E-state index in [0.29, 0.717) is 13.1 Å². The smallest absolute Gasteiger partial charge is 0.152 e. The Hall–Kier alpha value is -0.170. The van der Waals surface area contributed by atoms with Crippen LogP contribution in [0.3, 0.4) is 0 Å². The number of hydrogen-bond donors (Lipinski definition) is 2. The number of sulfone groups is 1. The minimum absolute atomic E-state index is 0.123. The average molecular weight is 264 g/mol. The van der Waals surface area contributed by atoms with E-state index in [1.54, 1.807) is 0 Å². The Labute approximate surface area is 104 Å². The zero-order valence-electron chi connectivity index (χ0n) is 10.8. The topological polar surface area (TPSA) is 69.6 Å². The van der Waals surface area contributed by atoms with Crippen LogP contribution in [-0.2, 0) is 9.84 Å². The Balaban J connectivity index is 2.24. The van der Waals surface area contributed by atoms with E-state index in [-0.39, 0.29) is 23.7 Å². The standard InChI is InChI=1S/C11H24N2O3S/c1-11(10-14,12-2)4-3-5-13-6-8-17(15,16)9-7-13/h12,14H,3-10H2,1-2H3. The molecule has 0 aromatic carbocycles. The van der Waals surface area contributed by atoms with Gasteiger partial charge in [-0.25, -0.2) is 8.42 Å². The van der Waals surface area contributed by atoms with Gasteiger partial charge in [-0.2, -0.15) is 0 Å². The van der Waals surface area contributed by atoms with E-state index in [0.717, 1.165) is 19.4 Å². The molecule has 1 saturated heterocycles. The third-order valence-electron chi connectivity index (χ3n) is 3.59. The highest BCUT2D eigenvalue weighted by atomic mass is 32.2. The predicted molar refractivity (Wildman–Crippen MR) is 68.9 cm³/mol. The number of likely N-dealkylation sites (N-methyl/N-ethyl adjacent to an activating group) is 1. The van der Waals surface area contributed by atoms with Gasteiger partial charge in [0.15, 0.2) is 9.84 Å². The second-order valence-electron chi connectivity index (χ2n) is 5.07. The van der Waals surface area contributed by atoms with Crippen molar-refractivity contribution in [1.29, 1.82) is 0 Å². The molecule has 0 aliphatic carbocycles. The molecule has 0 amide bonds. The van der Waals surface area contributed by atoms with Crippen molar-refractivity contribution in [2.75, 3.05) is 44.8 Å². The summed E-state index contributed by atoms with van der Waals surface area (Å²) in [4.78, 5) is 2.19. The highest BCUT2D eigenvalue weighted by molar-refractivity contribution is 7.91. The molecule has 0 spiro atoms. The second kappa shape index (κ2) is 6.13. The lowest BCUT2D eigenvalue weighted by molar-refractivity contribution is 0.165. The molecule has 1 atom stereocenters. The van der Waals surface area contributed by atoms with Crippen molar-refractivity contribution < 1.29 is 13.5 Å². The van der Waals surface area contributed by atoms with Gasteiger partial charge in [0.1, 0.15) is 0 Å². The van der Waals surface area contributed by atoms with Crippen molar-refractivity contribution >= 4 is 9.84 Å². The van der Waals surface area contributed by atoms with Crippen molar-refractivity contribution in [2.24, 2.45) is 0 Å².